The number of amides is 1. The van der Waals surface area contributed by atoms with Crippen molar-refractivity contribution in [3.63, 3.8) is 0 Å². The molecular weight excluding hydrogens is 278 g/mol. The highest BCUT2D eigenvalue weighted by atomic mass is 16.2. The molecule has 22 heavy (non-hydrogen) atoms. The van der Waals surface area contributed by atoms with Crippen LogP contribution in [-0.4, -0.2) is 53.3 Å². The summed E-state index contributed by atoms with van der Waals surface area (Å²) in [4.78, 5) is 14.5. The van der Waals surface area contributed by atoms with Gasteiger partial charge in [-0.25, -0.2) is 0 Å². The number of likely N-dealkylation sites (N-methyl/N-ethyl adjacent to an activating group) is 1. The van der Waals surface area contributed by atoms with Gasteiger partial charge in [-0.05, 0) is 39.3 Å². The number of aromatic nitrogens is 2. The van der Waals surface area contributed by atoms with Crippen LogP contribution >= 0.6 is 0 Å². The smallest absolute Gasteiger partial charge is 0.242 e. The zero-order valence-electron chi connectivity index (χ0n) is 13.6. The van der Waals surface area contributed by atoms with Crippen molar-refractivity contribution < 1.29 is 4.79 Å². The minimum atomic E-state index is -0.0555. The predicted octanol–water partition coefficient (Wildman–Crippen LogP) is 1.30. The first-order chi connectivity index (χ1) is 10.6. The van der Waals surface area contributed by atoms with Crippen molar-refractivity contribution in [2.45, 2.75) is 50.7 Å². The summed E-state index contributed by atoms with van der Waals surface area (Å²) in [6.45, 7) is 1.76. The molecule has 0 spiro atoms. The number of carbonyl (C=O) groups is 1. The molecule has 2 aliphatic rings. The molecule has 1 aromatic heterocycles. The first kappa shape index (κ1) is 15.5. The number of hydrogen-bond acceptors (Lipinski definition) is 4. The molecule has 2 N–H and O–H groups in total. The molecule has 3 unspecified atom stereocenters. The number of rotatable bonds is 5. The van der Waals surface area contributed by atoms with Gasteiger partial charge in [0.15, 0.2) is 5.82 Å². The average Bonchev–Trinajstić information content (AvgIpc) is 3.11. The third-order valence-electron chi connectivity index (χ3n) is 4.85. The van der Waals surface area contributed by atoms with Gasteiger partial charge in [0.25, 0.3) is 0 Å². The Hall–Kier alpha value is -1.40. The van der Waals surface area contributed by atoms with Crippen molar-refractivity contribution in [1.29, 1.82) is 0 Å². The SMILES string of the molecule is CN(C)CCn1ccc(NC(=O)C2CC3CCCCC3N2)n1. The Labute approximate surface area is 132 Å². The van der Waals surface area contributed by atoms with Crippen molar-refractivity contribution in [1.82, 2.24) is 20.0 Å². The molecule has 0 aromatic carbocycles. The summed E-state index contributed by atoms with van der Waals surface area (Å²) in [5.41, 5.74) is 0. The number of nitrogens with zero attached hydrogens (tertiary/aromatic N) is 3. The van der Waals surface area contributed by atoms with E-state index in [-0.39, 0.29) is 11.9 Å². The third kappa shape index (κ3) is 3.67. The summed E-state index contributed by atoms with van der Waals surface area (Å²) in [6, 6.07) is 2.36. The lowest BCUT2D eigenvalue weighted by Crippen LogP contribution is -2.40. The number of anilines is 1. The van der Waals surface area contributed by atoms with Crippen LogP contribution < -0.4 is 10.6 Å². The molecule has 2 fully saturated rings. The topological polar surface area (TPSA) is 62.2 Å². The second-order valence-electron chi connectivity index (χ2n) is 6.86. The maximum atomic E-state index is 12.4. The van der Waals surface area contributed by atoms with Crippen LogP contribution in [-0.2, 0) is 11.3 Å². The van der Waals surface area contributed by atoms with Crippen molar-refractivity contribution in [3.05, 3.63) is 12.3 Å². The molecule has 6 nitrogen and oxygen atoms in total. The van der Waals surface area contributed by atoms with Gasteiger partial charge in [0, 0.05) is 24.8 Å². The van der Waals surface area contributed by atoms with E-state index in [4.69, 9.17) is 0 Å². The van der Waals surface area contributed by atoms with Gasteiger partial charge < -0.3 is 15.5 Å². The van der Waals surface area contributed by atoms with Crippen LogP contribution in [0.4, 0.5) is 5.82 Å². The molecule has 0 bridgehead atoms. The predicted molar refractivity (Wildman–Crippen MR) is 86.7 cm³/mol. The molecule has 1 amide bonds. The van der Waals surface area contributed by atoms with Crippen molar-refractivity contribution in [2.24, 2.45) is 5.92 Å². The zero-order chi connectivity index (χ0) is 15.5. The summed E-state index contributed by atoms with van der Waals surface area (Å²) < 4.78 is 1.87. The average molecular weight is 305 g/mol. The molecule has 2 heterocycles. The molecule has 1 aromatic rings. The molecule has 1 saturated carbocycles. The van der Waals surface area contributed by atoms with Crippen molar-refractivity contribution in [2.75, 3.05) is 26.0 Å². The third-order valence-corrected chi connectivity index (χ3v) is 4.85. The Morgan fingerprint density at radius 1 is 1.45 bits per heavy atom. The normalized spacial score (nSPS) is 27.9. The number of fused-ring (bicyclic) bond motifs is 1. The highest BCUT2D eigenvalue weighted by molar-refractivity contribution is 5.94. The van der Waals surface area contributed by atoms with Gasteiger partial charge in [-0.1, -0.05) is 12.8 Å². The summed E-state index contributed by atoms with van der Waals surface area (Å²) in [7, 11) is 4.08. The Morgan fingerprint density at radius 2 is 2.27 bits per heavy atom. The van der Waals surface area contributed by atoms with E-state index in [9.17, 15) is 4.79 Å². The Bertz CT molecular complexity index is 498. The second-order valence-corrected chi connectivity index (χ2v) is 6.86. The van der Waals surface area contributed by atoms with Gasteiger partial charge in [-0.3, -0.25) is 9.48 Å². The molecular formula is C16H27N5O. The minimum absolute atomic E-state index is 0.0555. The molecule has 1 aliphatic heterocycles. The first-order valence-electron chi connectivity index (χ1n) is 8.37. The Kier molecular flexibility index (Phi) is 4.78. The first-order valence-corrected chi connectivity index (χ1v) is 8.37. The summed E-state index contributed by atoms with van der Waals surface area (Å²) >= 11 is 0. The van der Waals surface area contributed by atoms with Gasteiger partial charge in [0.1, 0.15) is 0 Å². The monoisotopic (exact) mass is 305 g/mol. The van der Waals surface area contributed by atoms with Gasteiger partial charge in [0.2, 0.25) is 5.91 Å². The van der Waals surface area contributed by atoms with Crippen LogP contribution in [0.15, 0.2) is 12.3 Å². The van der Waals surface area contributed by atoms with Gasteiger partial charge in [0.05, 0.1) is 12.6 Å². The van der Waals surface area contributed by atoms with Crippen LogP contribution in [0.1, 0.15) is 32.1 Å². The standard InChI is InChI=1S/C16H27N5O/c1-20(2)9-10-21-8-7-15(19-21)18-16(22)14-11-12-5-3-4-6-13(12)17-14/h7-8,12-14,17H,3-6,9-11H2,1-2H3,(H,18,19,22). The zero-order valence-corrected chi connectivity index (χ0v) is 13.6. The molecule has 3 atom stereocenters. The largest absolute Gasteiger partial charge is 0.308 e. The fourth-order valence-corrected chi connectivity index (χ4v) is 3.59. The van der Waals surface area contributed by atoms with E-state index in [1.165, 1.54) is 25.7 Å². The van der Waals surface area contributed by atoms with Crippen LogP contribution in [0.25, 0.3) is 0 Å². The van der Waals surface area contributed by atoms with Gasteiger partial charge in [-0.15, -0.1) is 0 Å². The van der Waals surface area contributed by atoms with Crippen LogP contribution in [0.2, 0.25) is 0 Å². The number of nitrogens with one attached hydrogen (secondary N) is 2. The highest BCUT2D eigenvalue weighted by Crippen LogP contribution is 2.33. The van der Waals surface area contributed by atoms with E-state index in [2.05, 4.69) is 20.6 Å². The molecule has 6 heteroatoms. The minimum Gasteiger partial charge on any atom is -0.308 e. The lowest BCUT2D eigenvalue weighted by Gasteiger charge is -2.24. The fourth-order valence-electron chi connectivity index (χ4n) is 3.59. The van der Waals surface area contributed by atoms with Crippen LogP contribution in [0.3, 0.4) is 0 Å². The fraction of sp³-hybridized carbons (Fsp3) is 0.750. The quantitative estimate of drug-likeness (QED) is 0.861. The molecule has 3 rings (SSSR count). The van der Waals surface area contributed by atoms with E-state index in [0.717, 1.165) is 19.5 Å². The van der Waals surface area contributed by atoms with E-state index >= 15 is 0 Å². The number of hydrogen-bond donors (Lipinski definition) is 2. The molecule has 122 valence electrons. The second kappa shape index (κ2) is 6.79. The lowest BCUT2D eigenvalue weighted by molar-refractivity contribution is -0.117. The van der Waals surface area contributed by atoms with Crippen LogP contribution in [0, 0.1) is 5.92 Å². The summed E-state index contributed by atoms with van der Waals surface area (Å²) in [6.07, 6.45) is 7.97. The van der Waals surface area contributed by atoms with Crippen molar-refractivity contribution >= 4 is 11.7 Å². The number of carbonyl (C=O) groups excluding carboxylic acids is 1. The maximum Gasteiger partial charge on any atom is 0.242 e. The van der Waals surface area contributed by atoms with E-state index in [1.807, 2.05) is 31.0 Å². The molecule has 1 saturated heterocycles. The highest BCUT2D eigenvalue weighted by Gasteiger charge is 2.38. The maximum absolute atomic E-state index is 12.4. The van der Waals surface area contributed by atoms with E-state index < -0.39 is 0 Å². The van der Waals surface area contributed by atoms with Gasteiger partial charge in [-0.2, -0.15) is 5.10 Å². The Morgan fingerprint density at radius 3 is 3.05 bits per heavy atom. The van der Waals surface area contributed by atoms with E-state index in [0.29, 0.717) is 17.8 Å². The lowest BCUT2D eigenvalue weighted by atomic mass is 9.85. The molecule has 1 aliphatic carbocycles. The summed E-state index contributed by atoms with van der Waals surface area (Å²) in [5, 5.41) is 10.9. The van der Waals surface area contributed by atoms with Gasteiger partial charge >= 0.3 is 0 Å². The summed E-state index contributed by atoms with van der Waals surface area (Å²) in [5.74, 6) is 1.40. The van der Waals surface area contributed by atoms with E-state index in [1.54, 1.807) is 0 Å². The van der Waals surface area contributed by atoms with Crippen LogP contribution in [0.5, 0.6) is 0 Å². The van der Waals surface area contributed by atoms with Crippen molar-refractivity contribution in [3.8, 4) is 0 Å². The Balaban J connectivity index is 1.51. The molecule has 0 radical (unpaired) electrons.